The molecule has 0 bridgehead atoms. The highest BCUT2D eigenvalue weighted by Crippen LogP contribution is 2.36. The maximum Gasteiger partial charge on any atom is 0.512 e. The lowest BCUT2D eigenvalue weighted by Crippen LogP contribution is -2.34. The monoisotopic (exact) mass is 662 g/mol. The van der Waals surface area contributed by atoms with E-state index in [1.54, 1.807) is 6.07 Å². The molecule has 0 radical (unpaired) electrons. The van der Waals surface area contributed by atoms with Crippen molar-refractivity contribution >= 4 is 12.1 Å². The van der Waals surface area contributed by atoms with E-state index in [-0.39, 0.29) is 18.3 Å². The number of aromatic nitrogens is 1. The summed E-state index contributed by atoms with van der Waals surface area (Å²) in [5.74, 6) is -0.0217. The first-order valence-electron chi connectivity index (χ1n) is 15.9. The number of para-hydroxylation sites is 1. The zero-order valence-corrected chi connectivity index (χ0v) is 26.3. The number of pyridine rings is 1. The molecule has 0 saturated carbocycles. The minimum absolute atomic E-state index is 0.0428. The Morgan fingerprint density at radius 3 is 2.27 bits per heavy atom. The van der Waals surface area contributed by atoms with Crippen molar-refractivity contribution in [3.8, 4) is 22.8 Å². The molecule has 4 aromatic rings. The number of carboxylic acid groups (broad SMARTS) is 2. The third-order valence-electron chi connectivity index (χ3n) is 8.49. The summed E-state index contributed by atoms with van der Waals surface area (Å²) in [6.45, 7) is 1.69. The van der Waals surface area contributed by atoms with Crippen molar-refractivity contribution in [1.82, 2.24) is 9.88 Å². The number of rotatable bonds is 14. The van der Waals surface area contributed by atoms with E-state index in [4.69, 9.17) is 19.7 Å². The summed E-state index contributed by atoms with van der Waals surface area (Å²) >= 11 is 0. The normalized spacial score (nSPS) is 14.4. The Bertz CT molecular complexity index is 1690. The summed E-state index contributed by atoms with van der Waals surface area (Å²) in [5, 5.41) is 18.1. The second-order valence-corrected chi connectivity index (χ2v) is 11.8. The van der Waals surface area contributed by atoms with Crippen LogP contribution in [0.1, 0.15) is 66.1 Å². The number of unbranched alkanes of at least 4 members (excludes halogenated alkanes) is 1. The van der Waals surface area contributed by atoms with Crippen molar-refractivity contribution in [1.29, 1.82) is 0 Å². The smallest absolute Gasteiger partial charge is 0.489 e. The van der Waals surface area contributed by atoms with Crippen molar-refractivity contribution in [3.05, 3.63) is 113 Å². The lowest BCUT2D eigenvalue weighted by molar-refractivity contribution is -0.138. The fourth-order valence-electron chi connectivity index (χ4n) is 6.08. The molecule has 1 heterocycles. The fraction of sp³-hybridized carbons (Fsp3) is 0.324. The number of hydrogen-bond acceptors (Lipinski definition) is 6. The molecule has 252 valence electrons. The number of fused-ring (bicyclic) bond motifs is 1. The molecule has 3 aromatic carbocycles. The van der Waals surface area contributed by atoms with Crippen molar-refractivity contribution in [2.45, 2.75) is 63.8 Å². The molecular formula is C37H37F3N2O6. The van der Waals surface area contributed by atoms with Gasteiger partial charge in [0.05, 0.1) is 5.56 Å². The van der Waals surface area contributed by atoms with Crippen LogP contribution in [0.4, 0.5) is 18.0 Å². The molecular weight excluding hydrogens is 625 g/mol. The van der Waals surface area contributed by atoms with E-state index >= 15 is 0 Å². The number of hydrogen-bond donors (Lipinski definition) is 2. The predicted octanol–water partition coefficient (Wildman–Crippen LogP) is 8.58. The van der Waals surface area contributed by atoms with Gasteiger partial charge >= 0.3 is 18.3 Å². The molecule has 0 spiro atoms. The number of nitrogens with zero attached hydrogens (tertiary/aromatic N) is 2. The quantitative estimate of drug-likeness (QED) is 0.102. The number of aliphatic carboxylic acids is 1. The van der Waals surface area contributed by atoms with Crippen LogP contribution in [0, 0.1) is 0 Å². The number of alkyl halides is 3. The van der Waals surface area contributed by atoms with Crippen LogP contribution in [0.5, 0.6) is 11.6 Å². The molecule has 1 aliphatic rings. The van der Waals surface area contributed by atoms with E-state index < -0.39 is 23.9 Å². The van der Waals surface area contributed by atoms with E-state index in [0.29, 0.717) is 44.5 Å². The van der Waals surface area contributed by atoms with E-state index in [0.717, 1.165) is 65.1 Å². The number of aryl methyl sites for hydroxylation is 1. The first-order chi connectivity index (χ1) is 23.1. The fourth-order valence-corrected chi connectivity index (χ4v) is 6.08. The average Bonchev–Trinajstić information content (AvgIpc) is 3.06. The molecule has 0 aliphatic heterocycles. The molecule has 48 heavy (non-hydrogen) atoms. The van der Waals surface area contributed by atoms with E-state index in [9.17, 15) is 22.8 Å². The summed E-state index contributed by atoms with van der Waals surface area (Å²) < 4.78 is 49.8. The predicted molar refractivity (Wildman–Crippen MR) is 173 cm³/mol. The third-order valence-corrected chi connectivity index (χ3v) is 8.49. The lowest BCUT2D eigenvalue weighted by atomic mass is 9.89. The molecule has 5 rings (SSSR count). The average molecular weight is 663 g/mol. The molecule has 0 fully saturated rings. The molecule has 0 amide bonds. The van der Waals surface area contributed by atoms with Gasteiger partial charge in [0.25, 0.3) is 0 Å². The van der Waals surface area contributed by atoms with Crippen LogP contribution in [0.2, 0.25) is 0 Å². The molecule has 1 atom stereocenters. The van der Waals surface area contributed by atoms with Gasteiger partial charge in [-0.1, -0.05) is 60.7 Å². The third kappa shape index (κ3) is 9.34. The highest BCUT2D eigenvalue weighted by atomic mass is 19.4. The summed E-state index contributed by atoms with van der Waals surface area (Å²) in [4.78, 5) is 29.0. The second kappa shape index (κ2) is 15.8. The molecule has 0 saturated heterocycles. The maximum atomic E-state index is 12.9. The number of carboxylic acids is 1. The van der Waals surface area contributed by atoms with Crippen molar-refractivity contribution in [3.63, 3.8) is 0 Å². The Kier molecular flexibility index (Phi) is 11.3. The van der Waals surface area contributed by atoms with Gasteiger partial charge < -0.3 is 19.7 Å². The Hall–Kier alpha value is -4.90. The summed E-state index contributed by atoms with van der Waals surface area (Å²) in [6.07, 6.45) is -1.23. The molecule has 1 aromatic heterocycles. The maximum absolute atomic E-state index is 12.9. The zero-order chi connectivity index (χ0) is 34.1. The Labute approximate surface area is 276 Å². The first-order valence-corrected chi connectivity index (χ1v) is 15.9. The molecule has 2 N–H and O–H groups in total. The van der Waals surface area contributed by atoms with Gasteiger partial charge in [0.2, 0.25) is 5.88 Å². The molecule has 1 unspecified atom stereocenters. The van der Waals surface area contributed by atoms with Crippen LogP contribution in [0.25, 0.3) is 11.1 Å². The van der Waals surface area contributed by atoms with Gasteiger partial charge in [-0.15, -0.1) is 0 Å². The van der Waals surface area contributed by atoms with Crippen LogP contribution in [-0.4, -0.2) is 45.3 Å². The minimum atomic E-state index is -4.38. The molecule has 8 nitrogen and oxygen atoms in total. The zero-order valence-electron chi connectivity index (χ0n) is 26.3. The van der Waals surface area contributed by atoms with E-state index in [1.807, 2.05) is 54.6 Å². The second-order valence-electron chi connectivity index (χ2n) is 11.8. The Morgan fingerprint density at radius 2 is 1.58 bits per heavy atom. The summed E-state index contributed by atoms with van der Waals surface area (Å²) in [6, 6.07) is 23.9. The van der Waals surface area contributed by atoms with Gasteiger partial charge in [-0.05, 0) is 91.1 Å². The van der Waals surface area contributed by atoms with Gasteiger partial charge in [-0.2, -0.15) is 13.2 Å². The summed E-state index contributed by atoms with van der Waals surface area (Å²) in [5.41, 5.74) is 4.60. The van der Waals surface area contributed by atoms with Gasteiger partial charge in [0.1, 0.15) is 12.4 Å². The first kappa shape index (κ1) is 34.4. The van der Waals surface area contributed by atoms with Crippen LogP contribution in [0.3, 0.4) is 0 Å². The molecule has 11 heteroatoms. The lowest BCUT2D eigenvalue weighted by Gasteiger charge is -2.36. The van der Waals surface area contributed by atoms with Crippen molar-refractivity contribution < 1.29 is 42.4 Å². The van der Waals surface area contributed by atoms with Crippen molar-refractivity contribution in [2.24, 2.45) is 0 Å². The van der Waals surface area contributed by atoms with Gasteiger partial charge in [0.15, 0.2) is 0 Å². The molecule has 1 aliphatic carbocycles. The largest absolute Gasteiger partial charge is 0.512 e. The Balaban J connectivity index is 1.25. The number of benzene rings is 3. The van der Waals surface area contributed by atoms with Crippen molar-refractivity contribution in [2.75, 3.05) is 13.1 Å². The van der Waals surface area contributed by atoms with Gasteiger partial charge in [0, 0.05) is 30.8 Å². The standard InChI is InChI=1S/C37H37F3N2O6/c38-37(39,40)29-17-15-27(16-18-29)26-13-11-25(12-14-26)24-47-33-9-2-1-6-28(33)21-23-42(22-4-3-10-35(43)44)32-8-5-7-31-30(32)19-20-34(41-31)48-36(45)46/h1-2,6,9,11-20,32H,3-5,7-8,10,21-24H2,(H,43,44)(H,45,46). The Morgan fingerprint density at radius 1 is 0.875 bits per heavy atom. The highest BCUT2D eigenvalue weighted by molar-refractivity contribution is 5.66. The van der Waals surface area contributed by atoms with E-state index in [1.165, 1.54) is 12.1 Å². The topological polar surface area (TPSA) is 109 Å². The minimum Gasteiger partial charge on any atom is -0.489 e. The van der Waals surface area contributed by atoms with Gasteiger partial charge in [-0.3, -0.25) is 9.69 Å². The number of ether oxygens (including phenoxy) is 2. The van der Waals surface area contributed by atoms with E-state index in [2.05, 4.69) is 9.88 Å². The van der Waals surface area contributed by atoms with Crippen LogP contribution in [-0.2, 0) is 30.4 Å². The number of carbonyl (C=O) groups is 2. The summed E-state index contributed by atoms with van der Waals surface area (Å²) in [7, 11) is 0. The highest BCUT2D eigenvalue weighted by Gasteiger charge is 2.30. The number of halogens is 3. The SMILES string of the molecule is O=C(O)CCCCN(CCc1ccccc1OCc1ccc(-c2ccc(C(F)(F)F)cc2)cc1)C1CCCc2nc(OC(=O)O)ccc21. The van der Waals surface area contributed by atoms with Gasteiger partial charge in [-0.25, -0.2) is 9.78 Å². The van der Waals surface area contributed by atoms with Crippen LogP contribution >= 0.6 is 0 Å². The van der Waals surface area contributed by atoms with Crippen LogP contribution in [0.15, 0.2) is 84.9 Å². The van der Waals surface area contributed by atoms with Crippen LogP contribution < -0.4 is 9.47 Å².